The predicted molar refractivity (Wildman–Crippen MR) is 103 cm³/mol. The lowest BCUT2D eigenvalue weighted by Gasteiger charge is -2.23. The summed E-state index contributed by atoms with van der Waals surface area (Å²) in [5.41, 5.74) is 3.13. The summed E-state index contributed by atoms with van der Waals surface area (Å²) in [6.07, 6.45) is 0. The van der Waals surface area contributed by atoms with E-state index < -0.39 is 5.54 Å². The summed E-state index contributed by atoms with van der Waals surface area (Å²) in [6.45, 7) is 10.5. The lowest BCUT2D eigenvalue weighted by molar-refractivity contribution is -0.131. The fourth-order valence-electron chi connectivity index (χ4n) is 3.22. The number of rotatable bonds is 3. The predicted octanol–water partition coefficient (Wildman–Crippen LogP) is 4.26. The van der Waals surface area contributed by atoms with Crippen molar-refractivity contribution in [2.24, 2.45) is 0 Å². The molecular weight excluding hydrogens is 324 g/mol. The van der Waals surface area contributed by atoms with Gasteiger partial charge in [-0.3, -0.25) is 9.69 Å². The molecule has 2 aromatic rings. The van der Waals surface area contributed by atoms with Crippen LogP contribution in [-0.2, 0) is 22.3 Å². The van der Waals surface area contributed by atoms with E-state index in [4.69, 9.17) is 0 Å². The Kier molecular flexibility index (Phi) is 4.39. The van der Waals surface area contributed by atoms with Gasteiger partial charge in [-0.2, -0.15) is 0 Å². The van der Waals surface area contributed by atoms with Crippen molar-refractivity contribution in [3.8, 4) is 0 Å². The SMILES string of the molecule is Cc1ccc(C2(C)NC(=O)N(Cc3ccc(C(C)(C)C)cc3)C2=O)cc1. The molecule has 0 aliphatic carbocycles. The third kappa shape index (κ3) is 3.24. The van der Waals surface area contributed by atoms with Gasteiger partial charge in [-0.05, 0) is 36.0 Å². The van der Waals surface area contributed by atoms with Gasteiger partial charge >= 0.3 is 6.03 Å². The molecule has 1 unspecified atom stereocenters. The molecule has 1 atom stereocenters. The minimum Gasteiger partial charge on any atom is -0.319 e. The molecule has 1 aliphatic heterocycles. The van der Waals surface area contributed by atoms with E-state index in [1.807, 2.05) is 43.3 Å². The number of imide groups is 1. The van der Waals surface area contributed by atoms with E-state index in [0.29, 0.717) is 0 Å². The van der Waals surface area contributed by atoms with Crippen LogP contribution in [0.25, 0.3) is 0 Å². The third-order valence-corrected chi connectivity index (χ3v) is 5.06. The van der Waals surface area contributed by atoms with Gasteiger partial charge in [0.25, 0.3) is 5.91 Å². The number of aryl methyl sites for hydroxylation is 1. The second-order valence-corrected chi connectivity index (χ2v) is 8.26. The van der Waals surface area contributed by atoms with Crippen molar-refractivity contribution in [2.45, 2.75) is 52.1 Å². The first-order valence-corrected chi connectivity index (χ1v) is 8.92. The fourth-order valence-corrected chi connectivity index (χ4v) is 3.22. The summed E-state index contributed by atoms with van der Waals surface area (Å²) in [5.74, 6) is -0.216. The quantitative estimate of drug-likeness (QED) is 0.841. The highest BCUT2D eigenvalue weighted by molar-refractivity contribution is 6.07. The van der Waals surface area contributed by atoms with Gasteiger partial charge in [0.15, 0.2) is 0 Å². The van der Waals surface area contributed by atoms with Gasteiger partial charge < -0.3 is 5.32 Å². The first-order chi connectivity index (χ1) is 12.1. The average molecular weight is 350 g/mol. The maximum absolute atomic E-state index is 13.0. The van der Waals surface area contributed by atoms with E-state index in [0.717, 1.165) is 16.7 Å². The minimum atomic E-state index is -1.02. The van der Waals surface area contributed by atoms with Crippen LogP contribution in [0, 0.1) is 6.92 Å². The Morgan fingerprint density at radius 3 is 2.08 bits per heavy atom. The number of urea groups is 1. The Labute approximate surface area is 155 Å². The van der Waals surface area contributed by atoms with Crippen molar-refractivity contribution in [2.75, 3.05) is 0 Å². The number of carbonyl (C=O) groups is 2. The Hall–Kier alpha value is -2.62. The van der Waals surface area contributed by atoms with E-state index in [2.05, 4.69) is 38.2 Å². The van der Waals surface area contributed by atoms with Crippen molar-refractivity contribution in [3.05, 3.63) is 70.8 Å². The number of nitrogens with zero attached hydrogens (tertiary/aromatic N) is 1. The second-order valence-electron chi connectivity index (χ2n) is 8.26. The maximum atomic E-state index is 13.0. The highest BCUT2D eigenvalue weighted by Crippen LogP contribution is 2.30. The monoisotopic (exact) mass is 350 g/mol. The molecule has 2 aromatic carbocycles. The van der Waals surface area contributed by atoms with Crippen LogP contribution in [0.5, 0.6) is 0 Å². The van der Waals surface area contributed by atoms with Gasteiger partial charge in [-0.1, -0.05) is 74.9 Å². The van der Waals surface area contributed by atoms with Crippen molar-refractivity contribution in [1.29, 1.82) is 0 Å². The van der Waals surface area contributed by atoms with Crippen LogP contribution < -0.4 is 5.32 Å². The molecule has 1 fully saturated rings. The molecule has 0 bridgehead atoms. The lowest BCUT2D eigenvalue weighted by atomic mass is 9.86. The molecule has 26 heavy (non-hydrogen) atoms. The summed E-state index contributed by atoms with van der Waals surface area (Å²) in [6, 6.07) is 15.5. The third-order valence-electron chi connectivity index (χ3n) is 5.06. The molecule has 3 amide bonds. The Morgan fingerprint density at radius 2 is 1.54 bits per heavy atom. The molecule has 0 radical (unpaired) electrons. The van der Waals surface area contributed by atoms with Crippen LogP contribution in [0.4, 0.5) is 4.79 Å². The number of hydrogen-bond donors (Lipinski definition) is 1. The molecule has 1 heterocycles. The van der Waals surface area contributed by atoms with Crippen molar-refractivity contribution < 1.29 is 9.59 Å². The number of carbonyl (C=O) groups excluding carboxylic acids is 2. The molecule has 0 aromatic heterocycles. The first kappa shape index (κ1) is 18.2. The second kappa shape index (κ2) is 6.27. The van der Waals surface area contributed by atoms with Crippen LogP contribution in [-0.4, -0.2) is 16.8 Å². The molecule has 136 valence electrons. The fraction of sp³-hybridized carbons (Fsp3) is 0.364. The van der Waals surface area contributed by atoms with Crippen LogP contribution in [0.1, 0.15) is 49.9 Å². The summed E-state index contributed by atoms with van der Waals surface area (Å²) in [4.78, 5) is 26.8. The molecule has 1 saturated heterocycles. The molecule has 3 rings (SSSR count). The first-order valence-electron chi connectivity index (χ1n) is 8.92. The normalized spacial score (nSPS) is 20.4. The molecule has 1 aliphatic rings. The standard InChI is InChI=1S/C22H26N2O2/c1-15-6-10-18(11-7-15)22(5)19(25)24(20(26)23-22)14-16-8-12-17(13-9-16)21(2,3)4/h6-13H,14H2,1-5H3,(H,23,26). The topological polar surface area (TPSA) is 49.4 Å². The van der Waals surface area contributed by atoms with Gasteiger partial charge in [0.2, 0.25) is 0 Å². The van der Waals surface area contributed by atoms with Crippen molar-refractivity contribution in [1.82, 2.24) is 10.2 Å². The van der Waals surface area contributed by atoms with Gasteiger partial charge in [0.05, 0.1) is 6.54 Å². The molecular formula is C22H26N2O2. The Morgan fingerprint density at radius 1 is 0.962 bits per heavy atom. The van der Waals surface area contributed by atoms with Crippen LogP contribution in [0.15, 0.2) is 48.5 Å². The van der Waals surface area contributed by atoms with Crippen LogP contribution >= 0.6 is 0 Å². The molecule has 1 N–H and O–H groups in total. The zero-order chi connectivity index (χ0) is 19.1. The smallest absolute Gasteiger partial charge is 0.319 e. The number of amides is 3. The Balaban J connectivity index is 1.82. The summed E-state index contributed by atoms with van der Waals surface area (Å²) in [7, 11) is 0. The van der Waals surface area contributed by atoms with Gasteiger partial charge in [0.1, 0.15) is 5.54 Å². The number of hydrogen-bond acceptors (Lipinski definition) is 2. The van der Waals surface area contributed by atoms with Crippen molar-refractivity contribution >= 4 is 11.9 Å². The van der Waals surface area contributed by atoms with Crippen LogP contribution in [0.3, 0.4) is 0 Å². The molecule has 0 saturated carbocycles. The highest BCUT2D eigenvalue weighted by atomic mass is 16.2. The summed E-state index contributed by atoms with van der Waals surface area (Å²) < 4.78 is 0. The zero-order valence-corrected chi connectivity index (χ0v) is 16.1. The van der Waals surface area contributed by atoms with E-state index in [1.54, 1.807) is 6.92 Å². The average Bonchev–Trinajstić information content (AvgIpc) is 2.79. The molecule has 4 heteroatoms. The largest absolute Gasteiger partial charge is 0.325 e. The minimum absolute atomic E-state index is 0.0728. The molecule has 0 spiro atoms. The van der Waals surface area contributed by atoms with Gasteiger partial charge in [-0.15, -0.1) is 0 Å². The van der Waals surface area contributed by atoms with E-state index in [-0.39, 0.29) is 23.9 Å². The number of benzene rings is 2. The molecule has 4 nitrogen and oxygen atoms in total. The van der Waals surface area contributed by atoms with E-state index in [9.17, 15) is 9.59 Å². The maximum Gasteiger partial charge on any atom is 0.325 e. The van der Waals surface area contributed by atoms with E-state index >= 15 is 0 Å². The van der Waals surface area contributed by atoms with Crippen molar-refractivity contribution in [3.63, 3.8) is 0 Å². The lowest BCUT2D eigenvalue weighted by Crippen LogP contribution is -2.40. The van der Waals surface area contributed by atoms with E-state index in [1.165, 1.54) is 10.5 Å². The summed E-state index contributed by atoms with van der Waals surface area (Å²) in [5, 5.41) is 2.86. The van der Waals surface area contributed by atoms with Gasteiger partial charge in [0, 0.05) is 0 Å². The van der Waals surface area contributed by atoms with Gasteiger partial charge in [-0.25, -0.2) is 4.79 Å². The van der Waals surface area contributed by atoms with Crippen LogP contribution in [0.2, 0.25) is 0 Å². The zero-order valence-electron chi connectivity index (χ0n) is 16.1. The highest BCUT2D eigenvalue weighted by Gasteiger charge is 2.48. The Bertz CT molecular complexity index is 832. The summed E-state index contributed by atoms with van der Waals surface area (Å²) >= 11 is 0. The number of nitrogens with one attached hydrogen (secondary N) is 1.